The third kappa shape index (κ3) is 2.91. The monoisotopic (exact) mass is 424 g/mol. The Kier molecular flexibility index (Phi) is 4.35. The van der Waals surface area contributed by atoms with Crippen molar-refractivity contribution in [2.24, 2.45) is 0 Å². The molecule has 4 aromatic rings. The first-order valence-corrected chi connectivity index (χ1v) is 11.8. The smallest absolute Gasteiger partial charge is 0.0593 e. The molecule has 0 radical (unpaired) electrons. The van der Waals surface area contributed by atoms with Crippen LogP contribution in [0.25, 0.3) is 11.1 Å². The Bertz CT molecular complexity index is 1350. The van der Waals surface area contributed by atoms with Gasteiger partial charge < -0.3 is 0 Å². The van der Waals surface area contributed by atoms with Gasteiger partial charge in [0.2, 0.25) is 0 Å². The molecule has 0 saturated carbocycles. The Morgan fingerprint density at radius 2 is 0.818 bits per heavy atom. The van der Waals surface area contributed by atoms with E-state index in [1.54, 1.807) is 0 Å². The molecule has 4 aromatic carbocycles. The molecule has 160 valence electrons. The van der Waals surface area contributed by atoms with Crippen molar-refractivity contribution in [2.75, 3.05) is 0 Å². The second-order valence-corrected chi connectivity index (χ2v) is 9.68. The summed E-state index contributed by atoms with van der Waals surface area (Å²) in [5.41, 5.74) is 15.9. The third-order valence-electron chi connectivity index (χ3n) is 7.65. The molecule has 2 aliphatic rings. The molecule has 0 heteroatoms. The van der Waals surface area contributed by atoms with Crippen LogP contribution in [0.1, 0.15) is 55.6 Å². The lowest BCUT2D eigenvalue weighted by Crippen LogP contribution is -2.19. The number of aryl methyl sites for hydroxylation is 4. The van der Waals surface area contributed by atoms with Gasteiger partial charge in [-0.3, -0.25) is 0 Å². The second kappa shape index (κ2) is 7.18. The lowest BCUT2D eigenvalue weighted by molar-refractivity contribution is 0.845. The maximum atomic E-state index is 2.52. The average molecular weight is 425 g/mol. The van der Waals surface area contributed by atoms with Crippen LogP contribution >= 0.6 is 0 Å². The van der Waals surface area contributed by atoms with Crippen LogP contribution in [0.3, 0.4) is 0 Å². The van der Waals surface area contributed by atoms with Gasteiger partial charge in [-0.05, 0) is 94.5 Å². The summed E-state index contributed by atoms with van der Waals surface area (Å²) in [4.78, 5) is 0. The molecule has 0 fully saturated rings. The third-order valence-corrected chi connectivity index (χ3v) is 7.65. The lowest BCUT2D eigenvalue weighted by Gasteiger charge is -2.25. The molecule has 0 aromatic heterocycles. The first-order chi connectivity index (χ1) is 16.0. The van der Waals surface area contributed by atoms with E-state index in [4.69, 9.17) is 0 Å². The van der Waals surface area contributed by atoms with Gasteiger partial charge in [0, 0.05) is 0 Å². The molecule has 0 N–H and O–H groups in total. The molecule has 0 unspecified atom stereocenters. The summed E-state index contributed by atoms with van der Waals surface area (Å²) in [6, 6.07) is 31.4. The summed E-state index contributed by atoms with van der Waals surface area (Å²) in [7, 11) is 0. The van der Waals surface area contributed by atoms with E-state index in [0.717, 1.165) is 0 Å². The highest BCUT2D eigenvalue weighted by Crippen LogP contribution is 2.55. The lowest BCUT2D eigenvalue weighted by atomic mass is 9.76. The van der Waals surface area contributed by atoms with Crippen molar-refractivity contribution >= 4 is 11.1 Å². The van der Waals surface area contributed by atoms with Gasteiger partial charge in [-0.25, -0.2) is 0 Å². The second-order valence-electron chi connectivity index (χ2n) is 9.68. The van der Waals surface area contributed by atoms with Crippen molar-refractivity contribution in [1.82, 2.24) is 0 Å². The Morgan fingerprint density at radius 3 is 1.21 bits per heavy atom. The van der Waals surface area contributed by atoms with E-state index in [-0.39, 0.29) is 5.41 Å². The fourth-order valence-corrected chi connectivity index (χ4v) is 5.58. The maximum Gasteiger partial charge on any atom is 0.0593 e. The SMILES string of the molecule is Cc1cc2c(cc1C)C1(C=C2c2ccccc2)C=C(c2ccccc2)c2cc(C)c(C)cc21. The van der Waals surface area contributed by atoms with Crippen LogP contribution in [-0.4, -0.2) is 0 Å². The Balaban J connectivity index is 1.72. The zero-order valence-electron chi connectivity index (χ0n) is 19.7. The van der Waals surface area contributed by atoms with Crippen LogP contribution in [-0.2, 0) is 5.41 Å². The van der Waals surface area contributed by atoms with E-state index in [1.165, 1.54) is 66.8 Å². The van der Waals surface area contributed by atoms with Crippen molar-refractivity contribution < 1.29 is 0 Å². The van der Waals surface area contributed by atoms with Crippen molar-refractivity contribution in [3.63, 3.8) is 0 Å². The van der Waals surface area contributed by atoms with Gasteiger partial charge in [0.1, 0.15) is 0 Å². The fourth-order valence-electron chi connectivity index (χ4n) is 5.58. The molecule has 33 heavy (non-hydrogen) atoms. The number of rotatable bonds is 2. The van der Waals surface area contributed by atoms with Gasteiger partial charge in [0.15, 0.2) is 0 Å². The Morgan fingerprint density at radius 1 is 0.455 bits per heavy atom. The zero-order valence-corrected chi connectivity index (χ0v) is 19.7. The van der Waals surface area contributed by atoms with Gasteiger partial charge in [-0.15, -0.1) is 0 Å². The molecule has 0 heterocycles. The van der Waals surface area contributed by atoms with E-state index >= 15 is 0 Å². The predicted molar refractivity (Wildman–Crippen MR) is 140 cm³/mol. The molecule has 0 bridgehead atoms. The van der Waals surface area contributed by atoms with Gasteiger partial charge in [0.25, 0.3) is 0 Å². The maximum absolute atomic E-state index is 2.52. The summed E-state index contributed by atoms with van der Waals surface area (Å²) < 4.78 is 0. The first kappa shape index (κ1) is 20.0. The molecule has 2 aliphatic carbocycles. The highest BCUT2D eigenvalue weighted by molar-refractivity contribution is 5.97. The molecule has 0 nitrogen and oxygen atoms in total. The zero-order chi connectivity index (χ0) is 22.7. The largest absolute Gasteiger partial charge is 0.0622 e. The van der Waals surface area contributed by atoms with Crippen molar-refractivity contribution in [2.45, 2.75) is 33.1 Å². The van der Waals surface area contributed by atoms with E-state index in [2.05, 4.69) is 125 Å². The first-order valence-electron chi connectivity index (χ1n) is 11.8. The summed E-state index contributed by atoms with van der Waals surface area (Å²) >= 11 is 0. The van der Waals surface area contributed by atoms with Gasteiger partial charge in [-0.1, -0.05) is 97.1 Å². The number of benzene rings is 4. The highest BCUT2D eigenvalue weighted by atomic mass is 14.5. The van der Waals surface area contributed by atoms with Gasteiger partial charge in [0.05, 0.1) is 5.41 Å². The van der Waals surface area contributed by atoms with Crippen LogP contribution in [0, 0.1) is 27.7 Å². The molecule has 0 aliphatic heterocycles. The van der Waals surface area contributed by atoms with Crippen LogP contribution in [0.15, 0.2) is 97.1 Å². The van der Waals surface area contributed by atoms with E-state index in [1.807, 2.05) is 0 Å². The van der Waals surface area contributed by atoms with Crippen LogP contribution in [0.5, 0.6) is 0 Å². The normalized spacial score (nSPS) is 15.3. The molecule has 0 amide bonds. The Hall–Kier alpha value is -3.64. The molecule has 6 rings (SSSR count). The van der Waals surface area contributed by atoms with Crippen molar-refractivity contribution in [1.29, 1.82) is 0 Å². The quantitative estimate of drug-likeness (QED) is 0.305. The predicted octanol–water partition coefficient (Wildman–Crippen LogP) is 8.10. The van der Waals surface area contributed by atoms with E-state index in [9.17, 15) is 0 Å². The minimum absolute atomic E-state index is 0.252. The molecular weight excluding hydrogens is 396 g/mol. The van der Waals surface area contributed by atoms with E-state index < -0.39 is 0 Å². The molecule has 0 saturated heterocycles. The molecular formula is C33H28. The number of hydrogen-bond donors (Lipinski definition) is 0. The van der Waals surface area contributed by atoms with E-state index in [0.29, 0.717) is 0 Å². The summed E-state index contributed by atoms with van der Waals surface area (Å²) in [6.07, 6.45) is 5.05. The van der Waals surface area contributed by atoms with Gasteiger partial charge in [-0.2, -0.15) is 0 Å². The van der Waals surface area contributed by atoms with Crippen LogP contribution < -0.4 is 0 Å². The minimum atomic E-state index is -0.252. The van der Waals surface area contributed by atoms with Gasteiger partial charge >= 0.3 is 0 Å². The topological polar surface area (TPSA) is 0 Å². The highest BCUT2D eigenvalue weighted by Gasteiger charge is 2.44. The fraction of sp³-hybridized carbons (Fsp3) is 0.152. The number of fused-ring (bicyclic) bond motifs is 4. The molecule has 1 spiro atoms. The minimum Gasteiger partial charge on any atom is -0.0622 e. The van der Waals surface area contributed by atoms with Crippen molar-refractivity contribution in [3.8, 4) is 0 Å². The number of allylic oxidation sites excluding steroid dienone is 2. The van der Waals surface area contributed by atoms with Crippen LogP contribution in [0.4, 0.5) is 0 Å². The van der Waals surface area contributed by atoms with Crippen LogP contribution in [0.2, 0.25) is 0 Å². The summed E-state index contributed by atoms with van der Waals surface area (Å²) in [5.74, 6) is 0. The molecule has 0 atom stereocenters. The Labute approximate surface area is 196 Å². The van der Waals surface area contributed by atoms with Crippen molar-refractivity contribution in [3.05, 3.63) is 153 Å². The average Bonchev–Trinajstić information content (AvgIpc) is 3.31. The number of hydrogen-bond acceptors (Lipinski definition) is 0. The standard InChI is InChI=1S/C33H28/c1-21-15-27-29(25-11-7-5-8-12-25)19-33(31(27)17-23(21)3)20-30(26-13-9-6-10-14-26)28-16-22(2)24(4)18-32(28)33/h5-20H,1-4H3. The summed E-state index contributed by atoms with van der Waals surface area (Å²) in [6.45, 7) is 8.93. The summed E-state index contributed by atoms with van der Waals surface area (Å²) in [5, 5.41) is 0.